The van der Waals surface area contributed by atoms with Crippen LogP contribution in [0.5, 0.6) is 11.8 Å². The van der Waals surface area contributed by atoms with Gasteiger partial charge in [0.1, 0.15) is 23.1 Å². The van der Waals surface area contributed by atoms with Crippen LogP contribution in [0.25, 0.3) is 0 Å². The number of halogens is 1. The highest BCUT2D eigenvalue weighted by Gasteiger charge is 2.29. The summed E-state index contributed by atoms with van der Waals surface area (Å²) in [5, 5.41) is 10.1. The Kier molecular flexibility index (Phi) is 21.2. The zero-order valence-electron chi connectivity index (χ0n) is 36.3. The summed E-state index contributed by atoms with van der Waals surface area (Å²) < 4.78 is 30.6. The maximum Gasteiger partial charge on any atom is 0.410 e. The average molecular weight is 898 g/mol. The molecule has 332 valence electrons. The molecule has 0 aliphatic carbocycles. The Morgan fingerprint density at radius 2 is 1.14 bits per heavy atom. The van der Waals surface area contributed by atoms with Gasteiger partial charge in [-0.1, -0.05) is 15.9 Å². The van der Waals surface area contributed by atoms with Crippen LogP contribution in [0.2, 0.25) is 0 Å². The van der Waals surface area contributed by atoms with Crippen LogP contribution in [-0.4, -0.2) is 133 Å². The van der Waals surface area contributed by atoms with E-state index in [0.29, 0.717) is 79.5 Å². The maximum absolute atomic E-state index is 12.2. The summed E-state index contributed by atoms with van der Waals surface area (Å²) in [6.45, 7) is 18.1. The smallest absolute Gasteiger partial charge is 0.410 e. The molecule has 2 amide bonds. The van der Waals surface area contributed by atoms with Gasteiger partial charge in [0.25, 0.3) is 0 Å². The van der Waals surface area contributed by atoms with E-state index < -0.39 is 11.2 Å². The van der Waals surface area contributed by atoms with Crippen molar-refractivity contribution in [3.05, 3.63) is 24.3 Å². The highest BCUT2D eigenvalue weighted by molar-refractivity contribution is 9.09. The van der Waals surface area contributed by atoms with Crippen LogP contribution in [0.15, 0.2) is 24.3 Å². The molecule has 0 spiro atoms. The first-order valence-electron chi connectivity index (χ1n) is 19.8. The van der Waals surface area contributed by atoms with Crippen LogP contribution in [-0.2, 0) is 28.5 Å². The highest BCUT2D eigenvalue weighted by Crippen LogP contribution is 2.27. The second-order valence-corrected chi connectivity index (χ2v) is 16.0. The van der Waals surface area contributed by atoms with Crippen molar-refractivity contribution in [2.75, 3.05) is 87.2 Å². The zero-order chi connectivity index (χ0) is 44.2. The molecular weight excluding hydrogens is 832 g/mol. The number of esters is 2. The summed E-state index contributed by atoms with van der Waals surface area (Å²) in [6, 6.07) is 7.38. The van der Waals surface area contributed by atoms with Gasteiger partial charge in [-0.05, 0) is 93.2 Å². The van der Waals surface area contributed by atoms with Gasteiger partial charge in [-0.15, -0.1) is 0 Å². The Hall–Kier alpha value is -4.94. The SMILES string of the molecule is CCOC(=O)CBr.CCOC(=O)CNc1ccc(OC)nc1NC1CCN(C(=O)OC(C)(C)C)CC1.COc1ccc(N)c(NC2CCN(C(=O)OC(C)(C)C)CC2)n1. The van der Waals surface area contributed by atoms with E-state index >= 15 is 0 Å². The van der Waals surface area contributed by atoms with Crippen molar-refractivity contribution in [2.24, 2.45) is 0 Å². The van der Waals surface area contributed by atoms with Crippen molar-refractivity contribution in [3.8, 4) is 11.8 Å². The van der Waals surface area contributed by atoms with Crippen LogP contribution < -0.4 is 31.2 Å². The van der Waals surface area contributed by atoms with E-state index in [1.807, 2.05) is 47.6 Å². The molecule has 5 N–H and O–H groups in total. The molecule has 2 saturated heterocycles. The van der Waals surface area contributed by atoms with Gasteiger partial charge >= 0.3 is 24.1 Å². The van der Waals surface area contributed by atoms with Crippen LogP contribution in [0, 0.1) is 0 Å². The van der Waals surface area contributed by atoms with E-state index in [-0.39, 0.29) is 42.8 Å². The van der Waals surface area contributed by atoms with Crippen molar-refractivity contribution in [1.82, 2.24) is 19.8 Å². The summed E-state index contributed by atoms with van der Waals surface area (Å²) in [6.07, 6.45) is 2.61. The topological polar surface area (TPSA) is 218 Å². The van der Waals surface area contributed by atoms with Crippen LogP contribution in [0.3, 0.4) is 0 Å². The number of alkyl halides is 1. The highest BCUT2D eigenvalue weighted by atomic mass is 79.9. The van der Waals surface area contributed by atoms with Crippen molar-refractivity contribution in [1.29, 1.82) is 0 Å². The normalized spacial score (nSPS) is 14.6. The van der Waals surface area contributed by atoms with Gasteiger partial charge < -0.3 is 59.9 Å². The van der Waals surface area contributed by atoms with Gasteiger partial charge in [0.05, 0.1) is 38.8 Å². The number of aromatic nitrogens is 2. The molecule has 18 nitrogen and oxygen atoms in total. The number of nitrogens with two attached hydrogens (primary N) is 1. The lowest BCUT2D eigenvalue weighted by molar-refractivity contribution is -0.141. The molecule has 4 rings (SSSR count). The van der Waals surface area contributed by atoms with Gasteiger partial charge in [-0.2, -0.15) is 9.97 Å². The average Bonchev–Trinajstić information content (AvgIpc) is 3.18. The molecule has 2 aromatic heterocycles. The van der Waals surface area contributed by atoms with E-state index in [1.165, 1.54) is 0 Å². The maximum atomic E-state index is 12.2. The van der Waals surface area contributed by atoms with Crippen molar-refractivity contribution in [3.63, 3.8) is 0 Å². The number of anilines is 4. The predicted molar refractivity (Wildman–Crippen MR) is 230 cm³/mol. The van der Waals surface area contributed by atoms with Gasteiger partial charge in [0.2, 0.25) is 11.8 Å². The quantitative estimate of drug-likeness (QED) is 0.104. The number of likely N-dealkylation sites (tertiary alicyclic amines) is 2. The van der Waals surface area contributed by atoms with Crippen LogP contribution in [0.1, 0.15) is 81.1 Å². The molecule has 0 saturated carbocycles. The third kappa shape index (κ3) is 19.6. The Labute approximate surface area is 357 Å². The second-order valence-electron chi connectivity index (χ2n) is 15.4. The minimum Gasteiger partial charge on any atom is -0.481 e. The summed E-state index contributed by atoms with van der Waals surface area (Å²) in [5.74, 6) is 1.68. The van der Waals surface area contributed by atoms with Gasteiger partial charge in [-0.25, -0.2) is 9.59 Å². The molecule has 0 bridgehead atoms. The lowest BCUT2D eigenvalue weighted by Gasteiger charge is -2.34. The number of pyridine rings is 2. The fourth-order valence-electron chi connectivity index (χ4n) is 5.52. The number of nitrogens with zero attached hydrogens (tertiary/aromatic N) is 4. The van der Waals surface area contributed by atoms with Crippen LogP contribution in [0.4, 0.5) is 32.6 Å². The fraction of sp³-hybridized carbons (Fsp3) is 0.650. The lowest BCUT2D eigenvalue weighted by atomic mass is 10.1. The molecule has 4 heterocycles. The molecular formula is C40H65BrN8O10. The van der Waals surface area contributed by atoms with Gasteiger partial charge in [-0.3, -0.25) is 9.59 Å². The number of rotatable bonds is 12. The minimum absolute atomic E-state index is 0.0492. The Balaban J connectivity index is 0.000000356. The lowest BCUT2D eigenvalue weighted by Crippen LogP contribution is -2.44. The molecule has 19 heteroatoms. The third-order valence-electron chi connectivity index (χ3n) is 8.31. The molecule has 2 aliphatic rings. The van der Waals surface area contributed by atoms with E-state index in [1.54, 1.807) is 56.1 Å². The van der Waals surface area contributed by atoms with Crippen molar-refractivity contribution in [2.45, 2.75) is 104 Å². The van der Waals surface area contributed by atoms with E-state index in [0.717, 1.165) is 25.7 Å². The summed E-state index contributed by atoms with van der Waals surface area (Å²) in [4.78, 5) is 58.3. The first-order valence-corrected chi connectivity index (χ1v) is 20.9. The molecule has 2 aliphatic heterocycles. The number of ether oxygens (including phenoxy) is 6. The summed E-state index contributed by atoms with van der Waals surface area (Å²) >= 11 is 2.94. The molecule has 0 radical (unpaired) electrons. The molecule has 59 heavy (non-hydrogen) atoms. The number of methoxy groups -OCH3 is 2. The number of hydrogen-bond acceptors (Lipinski definition) is 16. The molecule has 2 fully saturated rings. The Morgan fingerprint density at radius 3 is 1.54 bits per heavy atom. The monoisotopic (exact) mass is 896 g/mol. The summed E-state index contributed by atoms with van der Waals surface area (Å²) in [7, 11) is 3.12. The van der Waals surface area contributed by atoms with Gasteiger partial charge in [0, 0.05) is 50.4 Å². The number of nitrogen functional groups attached to an aromatic ring is 1. The van der Waals surface area contributed by atoms with E-state index in [4.69, 9.17) is 29.4 Å². The zero-order valence-corrected chi connectivity index (χ0v) is 37.9. The van der Waals surface area contributed by atoms with E-state index in [9.17, 15) is 19.2 Å². The number of piperidine rings is 2. The van der Waals surface area contributed by atoms with Crippen molar-refractivity contribution >= 4 is 63.1 Å². The van der Waals surface area contributed by atoms with Crippen molar-refractivity contribution < 1.29 is 47.6 Å². The Morgan fingerprint density at radius 1 is 0.712 bits per heavy atom. The predicted octanol–water partition coefficient (Wildman–Crippen LogP) is 6.30. The second kappa shape index (κ2) is 24.9. The number of amides is 2. The minimum atomic E-state index is -0.504. The standard InChI is InChI=1S/C20H32N4O5.C16H26N4O3.C4H7BrO2/c1-6-28-17(25)13-21-15-7-8-16(27-5)23-18(15)22-14-9-11-24(12-10-14)19(26)29-20(2,3)4;1-16(2,3)23-15(21)20-9-7-11(8-10-20)18-14-12(17)5-6-13(19-14)22-4;1-2-7-4(6)3-5/h7-8,14,21H,6,9-13H2,1-5H3,(H,22,23);5-6,11H,7-10,17H2,1-4H3,(H,18,19);2-3H2,1H3. The van der Waals surface area contributed by atoms with E-state index in [2.05, 4.69) is 46.6 Å². The molecule has 0 aromatic carbocycles. The Bertz CT molecular complexity index is 1620. The number of hydrogen-bond donors (Lipinski definition) is 4. The number of nitrogens with one attached hydrogen (secondary N) is 3. The first kappa shape index (κ1) is 50.2. The molecule has 2 aromatic rings. The number of carbonyl (C=O) groups excluding carboxylic acids is 4. The molecule has 0 unspecified atom stereocenters. The first-order chi connectivity index (χ1) is 27.8. The fourth-order valence-corrected chi connectivity index (χ4v) is 5.68. The largest absolute Gasteiger partial charge is 0.481 e. The summed E-state index contributed by atoms with van der Waals surface area (Å²) in [5.41, 5.74) is 6.24. The molecule has 0 atom stereocenters. The third-order valence-corrected chi connectivity index (χ3v) is 8.76. The number of carbonyl (C=O) groups is 4. The van der Waals surface area contributed by atoms with Gasteiger partial charge in [0.15, 0.2) is 11.6 Å². The van der Waals surface area contributed by atoms with Crippen LogP contribution >= 0.6 is 15.9 Å².